The van der Waals surface area contributed by atoms with E-state index in [1.54, 1.807) is 12.1 Å². The van der Waals surface area contributed by atoms with Crippen molar-refractivity contribution in [1.29, 1.82) is 0 Å². The second-order valence-electron chi connectivity index (χ2n) is 8.63. The van der Waals surface area contributed by atoms with E-state index < -0.39 is 12.1 Å². The lowest BCUT2D eigenvalue weighted by atomic mass is 9.95. The van der Waals surface area contributed by atoms with Gasteiger partial charge in [-0.3, -0.25) is 10.1 Å². The van der Waals surface area contributed by atoms with Gasteiger partial charge in [0.2, 0.25) is 0 Å². The number of nitrogens with zero attached hydrogens (tertiary/aromatic N) is 1. The van der Waals surface area contributed by atoms with E-state index in [1.165, 1.54) is 29.7 Å². The van der Waals surface area contributed by atoms with E-state index in [0.29, 0.717) is 20.6 Å². The quantitative estimate of drug-likeness (QED) is 0.397. The number of hydrogen-bond donors (Lipinski definition) is 3. The van der Waals surface area contributed by atoms with Gasteiger partial charge in [0.05, 0.1) is 9.34 Å². The molecule has 1 aromatic heterocycles. The Morgan fingerprint density at radius 1 is 1.00 bits per heavy atom. The van der Waals surface area contributed by atoms with Crippen LogP contribution in [-0.4, -0.2) is 37.5 Å². The van der Waals surface area contributed by atoms with Crippen LogP contribution in [0.5, 0.6) is 0 Å². The van der Waals surface area contributed by atoms with Crippen molar-refractivity contribution in [3.8, 4) is 0 Å². The molecule has 0 saturated heterocycles. The number of hydrogen-bond acceptors (Lipinski definition) is 4. The van der Waals surface area contributed by atoms with E-state index in [0.717, 1.165) is 6.54 Å². The van der Waals surface area contributed by atoms with E-state index in [-0.39, 0.29) is 11.3 Å². The van der Waals surface area contributed by atoms with Gasteiger partial charge in [-0.1, -0.05) is 54.1 Å². The summed E-state index contributed by atoms with van der Waals surface area (Å²) < 4.78 is 0.574. The topological polar surface area (TPSA) is 73.5 Å². The summed E-state index contributed by atoms with van der Waals surface area (Å²) in [6.45, 7) is 1.02. The lowest BCUT2D eigenvalue weighted by Crippen LogP contribution is -2.39. The van der Waals surface area contributed by atoms with Crippen molar-refractivity contribution in [2.45, 2.75) is 24.3 Å². The van der Waals surface area contributed by atoms with Crippen LogP contribution < -0.4 is 16.0 Å². The fraction of sp³-hybridized carbons (Fsp3) is 0.280. The number of likely N-dealkylation sites (N-methyl/N-ethyl adjacent to an activating group) is 1. The lowest BCUT2D eigenvalue weighted by molar-refractivity contribution is -0.118. The summed E-state index contributed by atoms with van der Waals surface area (Å²) >= 11 is 7.19. The van der Waals surface area contributed by atoms with E-state index in [4.69, 9.17) is 11.6 Å². The molecule has 1 aliphatic carbocycles. The average molecular weight is 483 g/mol. The maximum Gasteiger partial charge on any atom is 0.320 e. The third kappa shape index (κ3) is 5.93. The Kier molecular flexibility index (Phi) is 7.02. The molecule has 33 heavy (non-hydrogen) atoms. The second kappa shape index (κ2) is 9.95. The van der Waals surface area contributed by atoms with Crippen molar-refractivity contribution in [3.63, 3.8) is 0 Å². The number of amides is 3. The zero-order valence-electron chi connectivity index (χ0n) is 18.6. The van der Waals surface area contributed by atoms with Crippen molar-refractivity contribution in [1.82, 2.24) is 10.2 Å². The Balaban J connectivity index is 1.45. The monoisotopic (exact) mass is 482 g/mol. The average Bonchev–Trinajstić information content (AvgIpc) is 3.45. The molecule has 4 rings (SSSR count). The van der Waals surface area contributed by atoms with Crippen molar-refractivity contribution in [3.05, 3.63) is 82.2 Å². The summed E-state index contributed by atoms with van der Waals surface area (Å²) in [5.74, 6) is -0.317. The van der Waals surface area contributed by atoms with Crippen molar-refractivity contribution < 1.29 is 9.59 Å². The second-order valence-corrected chi connectivity index (χ2v) is 10.3. The van der Waals surface area contributed by atoms with Crippen LogP contribution in [0.15, 0.2) is 66.7 Å². The molecule has 3 aromatic rings. The first kappa shape index (κ1) is 23.3. The number of benzene rings is 2. The molecular weight excluding hydrogens is 456 g/mol. The van der Waals surface area contributed by atoms with E-state index in [1.807, 2.05) is 42.5 Å². The lowest BCUT2D eigenvalue weighted by Gasteiger charge is -2.21. The Bertz CT molecular complexity index is 1110. The Morgan fingerprint density at radius 2 is 1.70 bits per heavy atom. The van der Waals surface area contributed by atoms with Gasteiger partial charge in [-0.2, -0.15) is 0 Å². The number of anilines is 2. The van der Waals surface area contributed by atoms with Gasteiger partial charge < -0.3 is 15.5 Å². The van der Waals surface area contributed by atoms with Crippen LogP contribution in [0.3, 0.4) is 0 Å². The van der Waals surface area contributed by atoms with Gasteiger partial charge in [-0.25, -0.2) is 4.79 Å². The molecule has 2 aromatic carbocycles. The van der Waals surface area contributed by atoms with E-state index >= 15 is 0 Å². The fourth-order valence-electron chi connectivity index (χ4n) is 4.02. The molecule has 1 atom stereocenters. The largest absolute Gasteiger partial charge is 0.324 e. The van der Waals surface area contributed by atoms with E-state index in [9.17, 15) is 9.59 Å². The highest BCUT2D eigenvalue weighted by atomic mass is 35.5. The summed E-state index contributed by atoms with van der Waals surface area (Å²) in [5.41, 5.74) is 2.90. The van der Waals surface area contributed by atoms with Gasteiger partial charge in [0.15, 0.2) is 0 Å². The molecule has 8 heteroatoms. The third-order valence-corrected chi connectivity index (χ3v) is 6.86. The SMILES string of the molecule is CN(C)CC1(c2ccc(NC(=O)C(NC(=O)Nc3ccc(Cl)s3)c3ccccc3)cc2)CC1. The normalized spacial score (nSPS) is 15.0. The molecule has 0 bridgehead atoms. The summed E-state index contributed by atoms with van der Waals surface area (Å²) in [4.78, 5) is 28.0. The molecule has 1 heterocycles. The molecule has 3 N–H and O–H groups in total. The predicted octanol–water partition coefficient (Wildman–Crippen LogP) is 5.50. The number of carbonyl (C=O) groups excluding carboxylic acids is 2. The predicted molar refractivity (Wildman–Crippen MR) is 135 cm³/mol. The molecule has 1 unspecified atom stereocenters. The van der Waals surface area contributed by atoms with Crippen LogP contribution >= 0.6 is 22.9 Å². The minimum absolute atomic E-state index is 0.225. The third-order valence-electron chi connectivity index (χ3n) is 5.72. The Hall–Kier alpha value is -2.87. The Morgan fingerprint density at radius 3 is 2.27 bits per heavy atom. The van der Waals surface area contributed by atoms with Crippen molar-refractivity contribution in [2.75, 3.05) is 31.3 Å². The zero-order valence-corrected chi connectivity index (χ0v) is 20.2. The van der Waals surface area contributed by atoms with Gasteiger partial charge >= 0.3 is 6.03 Å². The number of halogens is 1. The van der Waals surface area contributed by atoms with Gasteiger partial charge in [-0.15, -0.1) is 11.3 Å². The molecular formula is C25H27ClN4O2S. The molecule has 1 aliphatic rings. The highest BCUT2D eigenvalue weighted by Gasteiger charge is 2.44. The molecule has 172 valence electrons. The van der Waals surface area contributed by atoms with Crippen LogP contribution in [0, 0.1) is 0 Å². The standard InChI is InChI=1S/C25H27ClN4O2S/c1-30(2)16-25(14-15-25)18-8-10-19(11-9-18)27-23(31)22(17-6-4-3-5-7-17)29-24(32)28-21-13-12-20(26)33-21/h3-13,22H,14-16H2,1-2H3,(H,27,31)(H2,28,29,32). The zero-order chi connectivity index (χ0) is 23.4. The maximum absolute atomic E-state index is 13.2. The summed E-state index contributed by atoms with van der Waals surface area (Å²) in [5, 5.41) is 9.05. The maximum atomic E-state index is 13.2. The van der Waals surface area contributed by atoms with Gasteiger partial charge in [0.25, 0.3) is 5.91 Å². The fourth-order valence-corrected chi connectivity index (χ4v) is 4.96. The number of thiophene rings is 1. The number of urea groups is 1. The molecule has 6 nitrogen and oxygen atoms in total. The molecule has 1 saturated carbocycles. The minimum atomic E-state index is -0.857. The minimum Gasteiger partial charge on any atom is -0.324 e. The van der Waals surface area contributed by atoms with Crippen LogP contribution in [0.1, 0.15) is 30.0 Å². The summed E-state index contributed by atoms with van der Waals surface area (Å²) in [6.07, 6.45) is 2.36. The molecule has 0 radical (unpaired) electrons. The van der Waals surface area contributed by atoms with Crippen molar-refractivity contribution in [2.24, 2.45) is 0 Å². The van der Waals surface area contributed by atoms with Crippen molar-refractivity contribution >= 4 is 45.6 Å². The first-order valence-corrected chi connectivity index (χ1v) is 12.0. The Labute approximate surface area is 203 Å². The van der Waals surface area contributed by atoms with Gasteiger partial charge in [0, 0.05) is 17.6 Å². The van der Waals surface area contributed by atoms with Gasteiger partial charge in [0.1, 0.15) is 6.04 Å². The molecule has 0 aliphatic heterocycles. The highest BCUT2D eigenvalue weighted by molar-refractivity contribution is 7.20. The molecule has 1 fully saturated rings. The summed E-state index contributed by atoms with van der Waals surface area (Å²) in [6, 6.07) is 19.3. The number of carbonyl (C=O) groups is 2. The first-order valence-electron chi connectivity index (χ1n) is 10.8. The van der Waals surface area contributed by atoms with Gasteiger partial charge in [-0.05, 0) is 62.3 Å². The van der Waals surface area contributed by atoms with Crippen LogP contribution in [0.4, 0.5) is 15.5 Å². The van der Waals surface area contributed by atoms with Crippen LogP contribution in [-0.2, 0) is 10.2 Å². The van der Waals surface area contributed by atoms with Crippen LogP contribution in [0.2, 0.25) is 4.34 Å². The smallest absolute Gasteiger partial charge is 0.320 e. The van der Waals surface area contributed by atoms with Crippen LogP contribution in [0.25, 0.3) is 0 Å². The summed E-state index contributed by atoms with van der Waals surface area (Å²) in [7, 11) is 4.18. The van der Waals surface area contributed by atoms with E-state index in [2.05, 4.69) is 47.1 Å². The first-order chi connectivity index (χ1) is 15.8. The number of rotatable bonds is 8. The highest BCUT2D eigenvalue weighted by Crippen LogP contribution is 2.48. The number of nitrogens with one attached hydrogen (secondary N) is 3. The molecule has 3 amide bonds. The molecule has 0 spiro atoms.